The molecule has 0 amide bonds. The standard InChI is InChI=1S/C21H24N2O4/c1-23-17(21(24)26-3)12-16-18(9-10-19(25-2)20(16)23)27-13-15(22)11-14-7-5-4-6-8-14/h4-10,12,15H,11,13,22H2,1-3H3/t15-/m1/s1. The highest BCUT2D eigenvalue weighted by atomic mass is 16.5. The minimum atomic E-state index is -0.414. The van der Waals surface area contributed by atoms with Gasteiger partial charge in [0.15, 0.2) is 0 Å². The van der Waals surface area contributed by atoms with E-state index in [0.717, 1.165) is 17.3 Å². The lowest BCUT2D eigenvalue weighted by Crippen LogP contribution is -2.30. The number of nitrogens with zero attached hydrogens (tertiary/aromatic N) is 1. The van der Waals surface area contributed by atoms with Crippen LogP contribution in [0.2, 0.25) is 0 Å². The van der Waals surface area contributed by atoms with Crippen LogP contribution in [0.25, 0.3) is 10.9 Å². The third kappa shape index (κ3) is 3.90. The fourth-order valence-electron chi connectivity index (χ4n) is 3.17. The van der Waals surface area contributed by atoms with Gasteiger partial charge in [0.25, 0.3) is 0 Å². The van der Waals surface area contributed by atoms with Gasteiger partial charge in [-0.2, -0.15) is 0 Å². The maximum atomic E-state index is 12.0. The molecule has 1 aromatic heterocycles. The molecule has 142 valence electrons. The van der Waals surface area contributed by atoms with E-state index in [4.69, 9.17) is 19.9 Å². The number of benzene rings is 2. The van der Waals surface area contributed by atoms with Gasteiger partial charge in [0.1, 0.15) is 23.8 Å². The van der Waals surface area contributed by atoms with Crippen molar-refractivity contribution in [3.05, 3.63) is 59.8 Å². The van der Waals surface area contributed by atoms with Crippen LogP contribution in [0, 0.1) is 0 Å². The maximum Gasteiger partial charge on any atom is 0.354 e. The van der Waals surface area contributed by atoms with Gasteiger partial charge < -0.3 is 24.5 Å². The molecular formula is C21H24N2O4. The number of aryl methyl sites for hydroxylation is 1. The highest BCUT2D eigenvalue weighted by Crippen LogP contribution is 2.35. The third-order valence-electron chi connectivity index (χ3n) is 4.53. The van der Waals surface area contributed by atoms with Crippen LogP contribution in [-0.4, -0.2) is 37.4 Å². The van der Waals surface area contributed by atoms with Crippen LogP contribution in [0.4, 0.5) is 0 Å². The topological polar surface area (TPSA) is 75.7 Å². The van der Waals surface area contributed by atoms with Crippen molar-refractivity contribution in [2.45, 2.75) is 12.5 Å². The van der Waals surface area contributed by atoms with Crippen LogP contribution in [0.15, 0.2) is 48.5 Å². The molecule has 0 aliphatic carbocycles. The van der Waals surface area contributed by atoms with Gasteiger partial charge in [-0.25, -0.2) is 4.79 Å². The molecule has 6 nitrogen and oxygen atoms in total. The average molecular weight is 368 g/mol. The van der Waals surface area contributed by atoms with E-state index >= 15 is 0 Å². The largest absolute Gasteiger partial charge is 0.495 e. The summed E-state index contributed by atoms with van der Waals surface area (Å²) < 4.78 is 18.0. The van der Waals surface area contributed by atoms with Crippen molar-refractivity contribution in [2.75, 3.05) is 20.8 Å². The molecule has 3 aromatic rings. The molecule has 0 spiro atoms. The number of carbonyl (C=O) groups is 1. The quantitative estimate of drug-likeness (QED) is 0.649. The minimum absolute atomic E-state index is 0.145. The van der Waals surface area contributed by atoms with Crippen molar-refractivity contribution < 1.29 is 19.0 Å². The Hall–Kier alpha value is -2.99. The Labute approximate surface area is 158 Å². The molecule has 3 rings (SSSR count). The van der Waals surface area contributed by atoms with Crippen LogP contribution in [0.3, 0.4) is 0 Å². The predicted octanol–water partition coefficient (Wildman–Crippen LogP) is 2.92. The number of aromatic nitrogens is 1. The van der Waals surface area contributed by atoms with Gasteiger partial charge >= 0.3 is 5.97 Å². The van der Waals surface area contributed by atoms with E-state index in [-0.39, 0.29) is 6.04 Å². The second-order valence-electron chi connectivity index (χ2n) is 6.37. The van der Waals surface area contributed by atoms with E-state index in [1.807, 2.05) is 42.5 Å². The Morgan fingerprint density at radius 3 is 2.48 bits per heavy atom. The molecule has 0 saturated heterocycles. The van der Waals surface area contributed by atoms with Gasteiger partial charge in [-0.15, -0.1) is 0 Å². The summed E-state index contributed by atoms with van der Waals surface area (Å²) in [7, 11) is 4.75. The first-order valence-corrected chi connectivity index (χ1v) is 8.72. The zero-order chi connectivity index (χ0) is 19.4. The number of carbonyl (C=O) groups excluding carboxylic acids is 1. The van der Waals surface area contributed by atoms with Crippen molar-refractivity contribution in [3.8, 4) is 11.5 Å². The smallest absolute Gasteiger partial charge is 0.354 e. The molecule has 2 aromatic carbocycles. The Balaban J connectivity index is 1.85. The van der Waals surface area contributed by atoms with Gasteiger partial charge in [-0.05, 0) is 30.2 Å². The minimum Gasteiger partial charge on any atom is -0.495 e. The number of methoxy groups -OCH3 is 2. The van der Waals surface area contributed by atoms with Crippen LogP contribution in [0.5, 0.6) is 11.5 Å². The molecule has 1 heterocycles. The summed E-state index contributed by atoms with van der Waals surface area (Å²) in [5.74, 6) is 0.895. The summed E-state index contributed by atoms with van der Waals surface area (Å²) in [5, 5.41) is 0.782. The number of nitrogens with two attached hydrogens (primary N) is 1. The number of ether oxygens (including phenoxy) is 3. The molecule has 6 heteroatoms. The summed E-state index contributed by atoms with van der Waals surface area (Å²) in [6, 6.07) is 15.3. The molecule has 1 atom stereocenters. The molecule has 0 saturated carbocycles. The maximum absolute atomic E-state index is 12.0. The molecule has 0 radical (unpaired) electrons. The molecule has 0 aliphatic rings. The fourth-order valence-corrected chi connectivity index (χ4v) is 3.17. The summed E-state index contributed by atoms with van der Waals surface area (Å²) in [5.41, 5.74) is 8.59. The molecule has 0 fully saturated rings. The van der Waals surface area contributed by atoms with Crippen LogP contribution < -0.4 is 15.2 Å². The van der Waals surface area contributed by atoms with Gasteiger partial charge in [-0.3, -0.25) is 0 Å². The monoisotopic (exact) mass is 368 g/mol. The predicted molar refractivity (Wildman–Crippen MR) is 104 cm³/mol. The Morgan fingerprint density at radius 2 is 1.81 bits per heavy atom. The van der Waals surface area contributed by atoms with Crippen LogP contribution in [-0.2, 0) is 18.2 Å². The van der Waals surface area contributed by atoms with Crippen molar-refractivity contribution in [2.24, 2.45) is 12.8 Å². The SMILES string of the molecule is COC(=O)c1cc2c(OC[C@H](N)Cc3ccccc3)ccc(OC)c2n1C. The molecule has 27 heavy (non-hydrogen) atoms. The summed E-state index contributed by atoms with van der Waals surface area (Å²) in [6.07, 6.45) is 0.725. The van der Waals surface area contributed by atoms with Gasteiger partial charge in [0.2, 0.25) is 0 Å². The third-order valence-corrected chi connectivity index (χ3v) is 4.53. The van der Waals surface area contributed by atoms with E-state index in [9.17, 15) is 4.79 Å². The lowest BCUT2D eigenvalue weighted by Gasteiger charge is -2.15. The van der Waals surface area contributed by atoms with Gasteiger partial charge in [0.05, 0.1) is 19.7 Å². The van der Waals surface area contributed by atoms with Crippen molar-refractivity contribution >= 4 is 16.9 Å². The molecule has 2 N–H and O–H groups in total. The molecule has 0 unspecified atom stereocenters. The fraction of sp³-hybridized carbons (Fsp3) is 0.286. The lowest BCUT2D eigenvalue weighted by molar-refractivity contribution is 0.0590. The van der Waals surface area contributed by atoms with Crippen molar-refractivity contribution in [1.29, 1.82) is 0 Å². The van der Waals surface area contributed by atoms with Crippen LogP contribution in [0.1, 0.15) is 16.1 Å². The summed E-state index contributed by atoms with van der Waals surface area (Å²) >= 11 is 0. The number of esters is 1. The lowest BCUT2D eigenvalue weighted by atomic mass is 10.1. The van der Waals surface area contributed by atoms with E-state index in [0.29, 0.717) is 23.8 Å². The summed E-state index contributed by atoms with van der Waals surface area (Å²) in [6.45, 7) is 0.360. The normalized spacial score (nSPS) is 12.0. The first kappa shape index (κ1) is 18.8. The first-order valence-electron chi connectivity index (χ1n) is 8.72. The zero-order valence-corrected chi connectivity index (χ0v) is 15.8. The Bertz CT molecular complexity index is 934. The number of fused-ring (bicyclic) bond motifs is 1. The Morgan fingerprint density at radius 1 is 1.11 bits per heavy atom. The van der Waals surface area contributed by atoms with Crippen molar-refractivity contribution in [1.82, 2.24) is 4.57 Å². The van der Waals surface area contributed by atoms with Crippen molar-refractivity contribution in [3.63, 3.8) is 0 Å². The van der Waals surface area contributed by atoms with E-state index < -0.39 is 5.97 Å². The van der Waals surface area contributed by atoms with E-state index in [1.165, 1.54) is 12.7 Å². The van der Waals surface area contributed by atoms with E-state index in [2.05, 4.69) is 0 Å². The second kappa shape index (κ2) is 8.14. The molecule has 0 bridgehead atoms. The van der Waals surface area contributed by atoms with Crippen LogP contribution >= 0.6 is 0 Å². The van der Waals surface area contributed by atoms with Gasteiger partial charge in [0, 0.05) is 18.5 Å². The van der Waals surface area contributed by atoms with E-state index in [1.54, 1.807) is 24.8 Å². The van der Waals surface area contributed by atoms with Gasteiger partial charge in [-0.1, -0.05) is 30.3 Å². The highest BCUT2D eigenvalue weighted by Gasteiger charge is 2.20. The zero-order valence-electron chi connectivity index (χ0n) is 15.8. The molecule has 0 aliphatic heterocycles. The highest BCUT2D eigenvalue weighted by molar-refractivity contribution is 6.00. The number of hydrogen-bond donors (Lipinski definition) is 1. The molecular weight excluding hydrogens is 344 g/mol. The number of hydrogen-bond acceptors (Lipinski definition) is 5. The number of rotatable bonds is 7. The second-order valence-corrected chi connectivity index (χ2v) is 6.37. The Kier molecular flexibility index (Phi) is 5.66. The first-order chi connectivity index (χ1) is 13.0. The average Bonchev–Trinajstić information content (AvgIpc) is 3.04. The summed E-state index contributed by atoms with van der Waals surface area (Å²) in [4.78, 5) is 12.0.